The van der Waals surface area contributed by atoms with Gasteiger partial charge >= 0.3 is 6.18 Å². The number of halogens is 6. The summed E-state index contributed by atoms with van der Waals surface area (Å²) in [7, 11) is 0. The van der Waals surface area contributed by atoms with E-state index in [1.54, 1.807) is 22.8 Å². The summed E-state index contributed by atoms with van der Waals surface area (Å²) in [5, 5.41) is 12.9. The molecular weight excluding hydrogens is 476 g/mol. The summed E-state index contributed by atoms with van der Waals surface area (Å²) >= 11 is 18.7. The Hall–Kier alpha value is -1.71. The van der Waals surface area contributed by atoms with Gasteiger partial charge in [-0.3, -0.25) is 5.32 Å². The van der Waals surface area contributed by atoms with Gasteiger partial charge in [-0.05, 0) is 37.6 Å². The molecule has 31 heavy (non-hydrogen) atoms. The standard InChI is InChI=1S/C20H18Cl3F3N4O/c1-10(31)27-18(20(24,25)26)12-4-5-13(22)16-17(12)30-8-2-7-29(19(30)28-16)15-6-3-11(21)9-14(15)23/h3-6,9-10,18,27,31H,2,7-8H2,1H3. The highest BCUT2D eigenvalue weighted by atomic mass is 35.5. The highest BCUT2D eigenvalue weighted by Gasteiger charge is 2.43. The van der Waals surface area contributed by atoms with Gasteiger partial charge in [-0.2, -0.15) is 13.2 Å². The third-order valence-electron chi connectivity index (χ3n) is 5.11. The molecule has 0 spiro atoms. The van der Waals surface area contributed by atoms with Crippen molar-refractivity contribution in [3.05, 3.63) is 51.0 Å². The zero-order chi connectivity index (χ0) is 22.5. The molecule has 11 heteroatoms. The van der Waals surface area contributed by atoms with Crippen molar-refractivity contribution in [1.82, 2.24) is 14.9 Å². The minimum absolute atomic E-state index is 0.0596. The first-order chi connectivity index (χ1) is 14.6. The molecule has 0 amide bonds. The summed E-state index contributed by atoms with van der Waals surface area (Å²) < 4.78 is 43.4. The summed E-state index contributed by atoms with van der Waals surface area (Å²) in [6, 6.07) is 5.65. The van der Waals surface area contributed by atoms with Crippen molar-refractivity contribution in [2.45, 2.75) is 38.3 Å². The number of fused-ring (bicyclic) bond motifs is 3. The summed E-state index contributed by atoms with van der Waals surface area (Å²) in [5.41, 5.74) is 1.12. The molecule has 0 radical (unpaired) electrons. The Kier molecular flexibility index (Phi) is 6.04. The van der Waals surface area contributed by atoms with E-state index in [0.717, 1.165) is 0 Å². The van der Waals surface area contributed by atoms with Crippen LogP contribution in [0.1, 0.15) is 24.9 Å². The Balaban J connectivity index is 1.94. The van der Waals surface area contributed by atoms with Crippen LogP contribution in [0, 0.1) is 0 Å². The van der Waals surface area contributed by atoms with E-state index < -0.39 is 18.4 Å². The predicted octanol–water partition coefficient (Wildman–Crippen LogP) is 6.07. The maximum Gasteiger partial charge on any atom is 0.408 e. The molecule has 2 aromatic carbocycles. The SMILES string of the molecule is CC(O)NC(c1ccc(Cl)c2nc3n(c12)CCCN3c1ccc(Cl)cc1Cl)C(F)(F)F. The average Bonchev–Trinajstić information content (AvgIpc) is 3.07. The second-order valence-corrected chi connectivity index (χ2v) is 8.57. The maximum absolute atomic E-state index is 13.9. The Morgan fingerprint density at radius 1 is 1.10 bits per heavy atom. The van der Waals surface area contributed by atoms with Gasteiger partial charge in [0.05, 0.1) is 21.2 Å². The number of benzene rings is 2. The molecule has 4 rings (SSSR count). The van der Waals surface area contributed by atoms with Crippen LogP contribution < -0.4 is 10.2 Å². The Labute approximate surface area is 191 Å². The highest BCUT2D eigenvalue weighted by molar-refractivity contribution is 6.36. The van der Waals surface area contributed by atoms with Gasteiger partial charge < -0.3 is 14.6 Å². The Morgan fingerprint density at radius 3 is 2.48 bits per heavy atom. The molecule has 0 saturated carbocycles. The van der Waals surface area contributed by atoms with Gasteiger partial charge in [0.15, 0.2) is 0 Å². The molecule has 0 aliphatic carbocycles. The molecule has 166 valence electrons. The number of imidazole rings is 1. The highest BCUT2D eigenvalue weighted by Crippen LogP contribution is 2.43. The molecular formula is C20H18Cl3F3N4O. The smallest absolute Gasteiger partial charge is 0.379 e. The molecule has 2 heterocycles. The molecule has 1 aromatic heterocycles. The number of aryl methyl sites for hydroxylation is 1. The first kappa shape index (κ1) is 22.5. The van der Waals surface area contributed by atoms with E-state index in [1.165, 1.54) is 19.1 Å². The summed E-state index contributed by atoms with van der Waals surface area (Å²) in [6.45, 7) is 2.27. The number of nitrogens with one attached hydrogen (secondary N) is 1. The van der Waals surface area contributed by atoms with Gasteiger partial charge in [0, 0.05) is 23.7 Å². The fraction of sp³-hybridized carbons (Fsp3) is 0.350. The number of aromatic nitrogens is 2. The average molecular weight is 494 g/mol. The Morgan fingerprint density at radius 2 is 1.84 bits per heavy atom. The molecule has 3 aromatic rings. The molecule has 0 fully saturated rings. The molecule has 5 nitrogen and oxygen atoms in total. The van der Waals surface area contributed by atoms with Crippen molar-refractivity contribution in [2.24, 2.45) is 0 Å². The number of nitrogens with zero attached hydrogens (tertiary/aromatic N) is 3. The van der Waals surface area contributed by atoms with E-state index in [9.17, 15) is 18.3 Å². The minimum atomic E-state index is -4.64. The van der Waals surface area contributed by atoms with Gasteiger partial charge in [-0.15, -0.1) is 0 Å². The van der Waals surface area contributed by atoms with E-state index >= 15 is 0 Å². The van der Waals surface area contributed by atoms with Crippen molar-refractivity contribution < 1.29 is 18.3 Å². The molecule has 2 atom stereocenters. The van der Waals surface area contributed by atoms with Crippen molar-refractivity contribution in [2.75, 3.05) is 11.4 Å². The van der Waals surface area contributed by atoms with Crippen LogP contribution in [-0.2, 0) is 6.54 Å². The van der Waals surface area contributed by atoms with Crippen molar-refractivity contribution in [1.29, 1.82) is 0 Å². The second kappa shape index (κ2) is 8.33. The third-order valence-corrected chi connectivity index (χ3v) is 5.95. The topological polar surface area (TPSA) is 53.3 Å². The number of aliphatic hydroxyl groups is 1. The lowest BCUT2D eigenvalue weighted by atomic mass is 10.0. The van der Waals surface area contributed by atoms with Gasteiger partial charge in [-0.1, -0.05) is 40.9 Å². The zero-order valence-corrected chi connectivity index (χ0v) is 18.5. The molecule has 2 unspecified atom stereocenters. The molecule has 0 bridgehead atoms. The first-order valence-corrected chi connectivity index (χ1v) is 10.6. The quantitative estimate of drug-likeness (QED) is 0.433. The van der Waals surface area contributed by atoms with Crippen LogP contribution in [-0.4, -0.2) is 33.6 Å². The molecule has 1 aliphatic heterocycles. The van der Waals surface area contributed by atoms with E-state index in [2.05, 4.69) is 10.3 Å². The lowest BCUT2D eigenvalue weighted by molar-refractivity contribution is -0.164. The van der Waals surface area contributed by atoms with E-state index in [1.807, 2.05) is 4.90 Å². The van der Waals surface area contributed by atoms with Crippen LogP contribution in [0.5, 0.6) is 0 Å². The van der Waals surface area contributed by atoms with E-state index in [4.69, 9.17) is 34.8 Å². The van der Waals surface area contributed by atoms with Crippen LogP contribution in [0.15, 0.2) is 30.3 Å². The third kappa shape index (κ3) is 4.19. The van der Waals surface area contributed by atoms with Crippen LogP contribution in [0.2, 0.25) is 15.1 Å². The number of anilines is 2. The molecule has 2 N–H and O–H groups in total. The van der Waals surface area contributed by atoms with E-state index in [0.29, 0.717) is 41.2 Å². The number of rotatable bonds is 4. The maximum atomic E-state index is 13.9. The van der Waals surface area contributed by atoms with Crippen LogP contribution in [0.25, 0.3) is 11.0 Å². The monoisotopic (exact) mass is 492 g/mol. The van der Waals surface area contributed by atoms with Crippen LogP contribution >= 0.6 is 34.8 Å². The van der Waals surface area contributed by atoms with Crippen molar-refractivity contribution >= 4 is 57.5 Å². The summed E-state index contributed by atoms with van der Waals surface area (Å²) in [6.07, 6.45) is -5.36. The van der Waals surface area contributed by atoms with Crippen LogP contribution in [0.4, 0.5) is 24.8 Å². The number of hydrogen-bond donors (Lipinski definition) is 2. The summed E-state index contributed by atoms with van der Waals surface area (Å²) in [5.74, 6) is 0.442. The predicted molar refractivity (Wildman–Crippen MR) is 116 cm³/mol. The van der Waals surface area contributed by atoms with Gasteiger partial charge in [0.25, 0.3) is 0 Å². The molecule has 1 aliphatic rings. The Bertz CT molecular complexity index is 1130. The lowest BCUT2D eigenvalue weighted by Crippen LogP contribution is -2.39. The minimum Gasteiger partial charge on any atom is -0.379 e. The zero-order valence-electron chi connectivity index (χ0n) is 16.2. The normalized spacial score (nSPS) is 16.5. The van der Waals surface area contributed by atoms with Gasteiger partial charge in [0.1, 0.15) is 17.8 Å². The summed E-state index contributed by atoms with van der Waals surface area (Å²) in [4.78, 5) is 6.43. The fourth-order valence-corrected chi connectivity index (χ4v) is 4.59. The first-order valence-electron chi connectivity index (χ1n) is 9.50. The van der Waals surface area contributed by atoms with Crippen LogP contribution in [0.3, 0.4) is 0 Å². The lowest BCUT2D eigenvalue weighted by Gasteiger charge is -2.31. The van der Waals surface area contributed by atoms with Crippen molar-refractivity contribution in [3.8, 4) is 0 Å². The van der Waals surface area contributed by atoms with Crippen molar-refractivity contribution in [3.63, 3.8) is 0 Å². The number of aliphatic hydroxyl groups excluding tert-OH is 1. The van der Waals surface area contributed by atoms with E-state index in [-0.39, 0.29) is 21.6 Å². The largest absolute Gasteiger partial charge is 0.408 e. The van der Waals surface area contributed by atoms with Gasteiger partial charge in [-0.25, -0.2) is 4.98 Å². The fourth-order valence-electron chi connectivity index (χ4n) is 3.89. The molecule has 0 saturated heterocycles. The number of hydrogen-bond acceptors (Lipinski definition) is 4. The number of alkyl halides is 3. The second-order valence-electron chi connectivity index (χ2n) is 7.32. The van der Waals surface area contributed by atoms with Gasteiger partial charge in [0.2, 0.25) is 5.95 Å².